The van der Waals surface area contributed by atoms with Crippen LogP contribution in [0, 0.1) is 0 Å². The van der Waals surface area contributed by atoms with Crippen LogP contribution in [-0.2, 0) is 4.74 Å². The molecule has 116 valence electrons. The largest absolute Gasteiger partial charge is 0.426 e. The summed E-state index contributed by atoms with van der Waals surface area (Å²) < 4.78 is 127. The molecule has 0 aromatic carbocycles. The summed E-state index contributed by atoms with van der Waals surface area (Å²) in [6.07, 6.45) is -6.20. The fourth-order valence-corrected chi connectivity index (χ4v) is 0.766. The van der Waals surface area contributed by atoms with Crippen molar-refractivity contribution in [1.82, 2.24) is 0 Å². The summed E-state index contributed by atoms with van der Waals surface area (Å²) >= 11 is 0. The van der Waals surface area contributed by atoms with Crippen LogP contribution in [0.5, 0.6) is 0 Å². The highest BCUT2D eigenvalue weighted by Crippen LogP contribution is 2.52. The summed E-state index contributed by atoms with van der Waals surface area (Å²) in [5.74, 6) is -22.7. The van der Waals surface area contributed by atoms with Gasteiger partial charge < -0.3 is 4.74 Å². The van der Waals surface area contributed by atoms with E-state index in [0.717, 1.165) is 0 Å². The van der Waals surface area contributed by atoms with Gasteiger partial charge in [-0.1, -0.05) is 0 Å². The van der Waals surface area contributed by atoms with Crippen LogP contribution in [0.15, 0.2) is 0 Å². The van der Waals surface area contributed by atoms with Crippen LogP contribution >= 0.6 is 0 Å². The fourth-order valence-electron chi connectivity index (χ4n) is 0.766. The molecule has 11 heteroatoms. The number of alkyl halides is 10. The van der Waals surface area contributed by atoms with Crippen LogP contribution in [0.3, 0.4) is 0 Å². The van der Waals surface area contributed by atoms with Gasteiger partial charge in [0.25, 0.3) is 5.92 Å². The highest BCUT2D eigenvalue weighted by atomic mass is 19.4. The zero-order valence-corrected chi connectivity index (χ0v) is 9.39. The Kier molecular flexibility index (Phi) is 4.49. The first-order valence-corrected chi connectivity index (χ1v) is 4.49. The average molecular weight is 310 g/mol. The Morgan fingerprint density at radius 2 is 1.05 bits per heavy atom. The molecule has 1 nitrogen and oxygen atoms in total. The van der Waals surface area contributed by atoms with Gasteiger partial charge in [-0.3, -0.25) is 0 Å². The smallest absolute Gasteiger partial charge is 0.309 e. The first-order chi connectivity index (χ1) is 7.96. The summed E-state index contributed by atoms with van der Waals surface area (Å²) in [6.45, 7) is -3.08. The standard InChI is InChI=1S/C8H8F10O/c1-4(9,10)3-19-8(17,18)7(15,16)6(13,14)5(2,11)12/h3H2,1-2H3. The second kappa shape index (κ2) is 4.67. The van der Waals surface area contributed by atoms with Gasteiger partial charge in [0.1, 0.15) is 6.61 Å². The highest BCUT2D eigenvalue weighted by molar-refractivity contribution is 4.98. The quantitative estimate of drug-likeness (QED) is 0.669. The molecular weight excluding hydrogens is 302 g/mol. The molecule has 0 radical (unpaired) electrons. The van der Waals surface area contributed by atoms with Gasteiger partial charge in [0, 0.05) is 13.8 Å². The molecule has 0 fully saturated rings. The molecular formula is C8H8F10O. The minimum absolute atomic E-state index is 0.0200. The molecule has 0 atom stereocenters. The van der Waals surface area contributed by atoms with Gasteiger partial charge in [0.05, 0.1) is 0 Å². The van der Waals surface area contributed by atoms with Crippen LogP contribution in [0.2, 0.25) is 0 Å². The summed E-state index contributed by atoms with van der Waals surface area (Å²) in [7, 11) is 0. The predicted molar refractivity (Wildman–Crippen MR) is 42.0 cm³/mol. The monoisotopic (exact) mass is 310 g/mol. The second-order valence-electron chi connectivity index (χ2n) is 3.91. The number of rotatable bonds is 6. The molecule has 0 saturated heterocycles. The third kappa shape index (κ3) is 3.63. The molecule has 0 bridgehead atoms. The Labute approximate surface area is 100 Å². The maximum absolute atomic E-state index is 12.7. The topological polar surface area (TPSA) is 9.23 Å². The summed E-state index contributed by atoms with van der Waals surface area (Å²) in [5, 5.41) is 0. The Balaban J connectivity index is 5.28. The van der Waals surface area contributed by atoms with E-state index in [2.05, 4.69) is 4.74 Å². The van der Waals surface area contributed by atoms with Crippen LogP contribution in [0.4, 0.5) is 43.9 Å². The maximum Gasteiger partial charge on any atom is 0.426 e. The van der Waals surface area contributed by atoms with E-state index in [1.54, 1.807) is 0 Å². The van der Waals surface area contributed by atoms with Gasteiger partial charge in [0.15, 0.2) is 0 Å². The van der Waals surface area contributed by atoms with Crippen molar-refractivity contribution < 1.29 is 48.6 Å². The Bertz CT molecular complexity index is 312. The average Bonchev–Trinajstić information content (AvgIpc) is 2.11. The fraction of sp³-hybridized carbons (Fsp3) is 1.00. The zero-order chi connectivity index (χ0) is 15.9. The van der Waals surface area contributed by atoms with Gasteiger partial charge in [0.2, 0.25) is 0 Å². The second-order valence-corrected chi connectivity index (χ2v) is 3.91. The maximum atomic E-state index is 12.7. The molecule has 0 aromatic heterocycles. The third-order valence-electron chi connectivity index (χ3n) is 1.82. The lowest BCUT2D eigenvalue weighted by Gasteiger charge is -2.35. The molecule has 0 spiro atoms. The number of ether oxygens (including phenoxy) is 1. The van der Waals surface area contributed by atoms with Crippen LogP contribution in [0.25, 0.3) is 0 Å². The normalized spacial score (nSPS) is 15.8. The van der Waals surface area contributed by atoms with Crippen molar-refractivity contribution in [1.29, 1.82) is 0 Å². The van der Waals surface area contributed by atoms with E-state index in [4.69, 9.17) is 0 Å². The van der Waals surface area contributed by atoms with E-state index in [-0.39, 0.29) is 6.92 Å². The molecule has 0 N–H and O–H groups in total. The molecule has 0 saturated carbocycles. The molecule has 0 rings (SSSR count). The van der Waals surface area contributed by atoms with Crippen molar-refractivity contribution in [3.63, 3.8) is 0 Å². The SMILES string of the molecule is CC(F)(F)COC(F)(F)C(F)(F)C(F)(F)C(C)(F)F. The van der Waals surface area contributed by atoms with Crippen LogP contribution < -0.4 is 0 Å². The van der Waals surface area contributed by atoms with Crippen LogP contribution in [0.1, 0.15) is 13.8 Å². The van der Waals surface area contributed by atoms with Gasteiger partial charge >= 0.3 is 23.9 Å². The van der Waals surface area contributed by atoms with E-state index >= 15 is 0 Å². The highest BCUT2D eigenvalue weighted by Gasteiger charge is 2.80. The van der Waals surface area contributed by atoms with Crippen LogP contribution in [-0.4, -0.2) is 36.4 Å². The summed E-state index contributed by atoms with van der Waals surface area (Å²) in [5.41, 5.74) is 0. The number of halogens is 10. The van der Waals surface area contributed by atoms with Crippen molar-refractivity contribution in [3.8, 4) is 0 Å². The zero-order valence-electron chi connectivity index (χ0n) is 9.39. The van der Waals surface area contributed by atoms with Gasteiger partial charge in [-0.2, -0.15) is 35.1 Å². The Morgan fingerprint density at radius 3 is 1.32 bits per heavy atom. The number of hydrogen-bond acceptors (Lipinski definition) is 1. The molecule has 0 aromatic rings. The minimum Gasteiger partial charge on any atom is -0.309 e. The lowest BCUT2D eigenvalue weighted by atomic mass is 10.1. The lowest BCUT2D eigenvalue weighted by Crippen LogP contribution is -2.62. The molecule has 0 aliphatic rings. The molecule has 0 unspecified atom stereocenters. The van der Waals surface area contributed by atoms with Crippen molar-refractivity contribution in [2.24, 2.45) is 0 Å². The first kappa shape index (κ1) is 18.3. The van der Waals surface area contributed by atoms with Crippen molar-refractivity contribution >= 4 is 0 Å². The van der Waals surface area contributed by atoms with E-state index in [9.17, 15) is 43.9 Å². The molecule has 19 heavy (non-hydrogen) atoms. The lowest BCUT2D eigenvalue weighted by molar-refractivity contribution is -0.429. The van der Waals surface area contributed by atoms with Gasteiger partial charge in [-0.05, 0) is 0 Å². The van der Waals surface area contributed by atoms with E-state index < -0.39 is 43.3 Å². The number of hydrogen-bond donors (Lipinski definition) is 0. The van der Waals surface area contributed by atoms with E-state index in [0.29, 0.717) is 0 Å². The molecule has 0 aliphatic carbocycles. The third-order valence-corrected chi connectivity index (χ3v) is 1.82. The van der Waals surface area contributed by atoms with Gasteiger partial charge in [-0.25, -0.2) is 8.78 Å². The Morgan fingerprint density at radius 1 is 0.684 bits per heavy atom. The van der Waals surface area contributed by atoms with E-state index in [1.165, 1.54) is 0 Å². The van der Waals surface area contributed by atoms with E-state index in [1.807, 2.05) is 0 Å². The summed E-state index contributed by atoms with van der Waals surface area (Å²) in [4.78, 5) is 0. The van der Waals surface area contributed by atoms with Crippen molar-refractivity contribution in [3.05, 3.63) is 0 Å². The first-order valence-electron chi connectivity index (χ1n) is 4.49. The molecule has 0 heterocycles. The Hall–Kier alpha value is -0.740. The molecule has 0 aliphatic heterocycles. The summed E-state index contributed by atoms with van der Waals surface area (Å²) in [6, 6.07) is 0. The van der Waals surface area contributed by atoms with Crippen molar-refractivity contribution in [2.75, 3.05) is 6.61 Å². The van der Waals surface area contributed by atoms with Crippen molar-refractivity contribution in [2.45, 2.75) is 43.6 Å². The minimum atomic E-state index is -6.68. The van der Waals surface area contributed by atoms with Gasteiger partial charge in [-0.15, -0.1) is 0 Å². The predicted octanol–water partition coefficient (Wildman–Crippen LogP) is 4.18. The molecule has 0 amide bonds.